The number of ether oxygens (including phenoxy) is 1. The van der Waals surface area contributed by atoms with Crippen LogP contribution in [0.2, 0.25) is 0 Å². The molecule has 0 saturated carbocycles. The second kappa shape index (κ2) is 8.76. The molecule has 0 aliphatic carbocycles. The van der Waals surface area contributed by atoms with E-state index >= 15 is 0 Å². The Hall–Kier alpha value is -2.34. The Kier molecular flexibility index (Phi) is 6.97. The number of carboxylic acid groups (broad SMARTS) is 1. The number of hydrogen-bond donors (Lipinski definition) is 3. The molecule has 0 aliphatic heterocycles. The van der Waals surface area contributed by atoms with Crippen LogP contribution in [0, 0.1) is 0 Å². The van der Waals surface area contributed by atoms with Gasteiger partial charge in [0.2, 0.25) is 0 Å². The number of rotatable bonds is 7. The molecule has 0 spiro atoms. The number of hydrogen-bond acceptors (Lipinski definition) is 3. The predicted molar refractivity (Wildman–Crippen MR) is 81.2 cm³/mol. The Bertz CT molecular complexity index is 497. The van der Waals surface area contributed by atoms with Crippen LogP contribution in [0.25, 0.3) is 6.08 Å². The van der Waals surface area contributed by atoms with Gasteiger partial charge in [0.25, 0.3) is 0 Å². The maximum absolute atomic E-state index is 11.7. The third-order valence-electron chi connectivity index (χ3n) is 2.59. The van der Waals surface area contributed by atoms with Crippen LogP contribution >= 0.6 is 0 Å². The minimum Gasteiger partial charge on any atom is -0.478 e. The van der Waals surface area contributed by atoms with E-state index in [1.54, 1.807) is 24.3 Å². The molecule has 0 saturated heterocycles. The molecule has 1 unspecified atom stereocenters. The Balaban J connectivity index is 2.44. The van der Waals surface area contributed by atoms with Crippen LogP contribution in [0.15, 0.2) is 30.3 Å². The van der Waals surface area contributed by atoms with Crippen LogP contribution in [0.5, 0.6) is 0 Å². The zero-order valence-electron chi connectivity index (χ0n) is 12.1. The molecule has 0 radical (unpaired) electrons. The highest BCUT2D eigenvalue weighted by atomic mass is 16.5. The summed E-state index contributed by atoms with van der Waals surface area (Å²) in [6, 6.07) is 6.53. The Morgan fingerprint density at radius 3 is 2.57 bits per heavy atom. The van der Waals surface area contributed by atoms with Crippen LogP contribution < -0.4 is 10.6 Å². The molecular formula is C15H20N2O4. The molecule has 1 rings (SSSR count). The van der Waals surface area contributed by atoms with E-state index in [0.29, 0.717) is 18.8 Å². The van der Waals surface area contributed by atoms with Crippen molar-refractivity contribution in [3.63, 3.8) is 0 Å². The normalized spacial score (nSPS) is 12.1. The maximum atomic E-state index is 11.7. The third kappa shape index (κ3) is 7.12. The van der Waals surface area contributed by atoms with Crippen molar-refractivity contribution in [2.75, 3.05) is 18.5 Å². The van der Waals surface area contributed by atoms with Crippen molar-refractivity contribution in [1.29, 1.82) is 0 Å². The average molecular weight is 292 g/mol. The first-order valence-corrected chi connectivity index (χ1v) is 6.68. The molecule has 6 heteroatoms. The molecule has 21 heavy (non-hydrogen) atoms. The summed E-state index contributed by atoms with van der Waals surface area (Å²) in [4.78, 5) is 22.0. The zero-order chi connectivity index (χ0) is 15.7. The molecule has 6 nitrogen and oxygen atoms in total. The van der Waals surface area contributed by atoms with Crippen molar-refractivity contribution < 1.29 is 19.4 Å². The van der Waals surface area contributed by atoms with Crippen LogP contribution in [-0.4, -0.2) is 36.4 Å². The largest absolute Gasteiger partial charge is 0.478 e. The van der Waals surface area contributed by atoms with Crippen LogP contribution in [0.4, 0.5) is 10.5 Å². The topological polar surface area (TPSA) is 87.7 Å². The first-order chi connectivity index (χ1) is 10.0. The van der Waals surface area contributed by atoms with Crippen molar-refractivity contribution in [1.82, 2.24) is 5.32 Å². The number of urea groups is 1. The standard InChI is InChI=1S/C15H20N2O4/c1-3-21-11(2)10-16-15(20)17-13-7-4-12(5-8-13)6-9-14(18)19/h4-9,11H,3,10H2,1-2H3,(H,18,19)(H2,16,17,20)/b9-6+. The SMILES string of the molecule is CCOC(C)CNC(=O)Nc1ccc(/C=C/C(=O)O)cc1. The van der Waals surface area contributed by atoms with Gasteiger partial charge in [0.05, 0.1) is 6.10 Å². The second-order valence-corrected chi connectivity index (χ2v) is 4.39. The maximum Gasteiger partial charge on any atom is 0.328 e. The van der Waals surface area contributed by atoms with E-state index in [-0.39, 0.29) is 12.1 Å². The minimum absolute atomic E-state index is 0.0377. The molecule has 3 N–H and O–H groups in total. The smallest absolute Gasteiger partial charge is 0.328 e. The highest BCUT2D eigenvalue weighted by Crippen LogP contribution is 2.10. The number of nitrogens with one attached hydrogen (secondary N) is 2. The Morgan fingerprint density at radius 1 is 1.33 bits per heavy atom. The van der Waals surface area contributed by atoms with E-state index in [4.69, 9.17) is 9.84 Å². The molecule has 0 aromatic heterocycles. The molecule has 1 atom stereocenters. The van der Waals surface area contributed by atoms with Crippen molar-refractivity contribution in [3.8, 4) is 0 Å². The summed E-state index contributed by atoms with van der Waals surface area (Å²) in [5.41, 5.74) is 1.37. The van der Waals surface area contributed by atoms with E-state index in [2.05, 4.69) is 10.6 Å². The van der Waals surface area contributed by atoms with E-state index in [9.17, 15) is 9.59 Å². The number of aliphatic carboxylic acids is 1. The second-order valence-electron chi connectivity index (χ2n) is 4.39. The molecule has 0 aliphatic rings. The quantitative estimate of drug-likeness (QED) is 0.673. The van der Waals surface area contributed by atoms with Gasteiger partial charge in [0.1, 0.15) is 0 Å². The molecule has 2 amide bonds. The van der Waals surface area contributed by atoms with Crippen LogP contribution in [0.3, 0.4) is 0 Å². The number of anilines is 1. The first kappa shape index (κ1) is 16.7. The lowest BCUT2D eigenvalue weighted by molar-refractivity contribution is -0.131. The van der Waals surface area contributed by atoms with E-state index in [0.717, 1.165) is 11.6 Å². The average Bonchev–Trinajstić information content (AvgIpc) is 2.45. The summed E-state index contributed by atoms with van der Waals surface area (Å²) in [5, 5.41) is 13.9. The van der Waals surface area contributed by atoms with Gasteiger partial charge in [-0.3, -0.25) is 0 Å². The van der Waals surface area contributed by atoms with Gasteiger partial charge < -0.3 is 20.5 Å². The van der Waals surface area contributed by atoms with E-state index < -0.39 is 5.97 Å². The Morgan fingerprint density at radius 2 is 2.00 bits per heavy atom. The molecule has 1 aromatic carbocycles. The molecular weight excluding hydrogens is 272 g/mol. The minimum atomic E-state index is -1.00. The summed E-state index contributed by atoms with van der Waals surface area (Å²) in [6.07, 6.45) is 2.50. The molecule has 0 bridgehead atoms. The molecule has 114 valence electrons. The van der Waals surface area contributed by atoms with E-state index in [1.807, 2.05) is 13.8 Å². The third-order valence-corrected chi connectivity index (χ3v) is 2.59. The van der Waals surface area contributed by atoms with Gasteiger partial charge in [-0.1, -0.05) is 12.1 Å². The van der Waals surface area contributed by atoms with Crippen molar-refractivity contribution in [3.05, 3.63) is 35.9 Å². The summed E-state index contributed by atoms with van der Waals surface area (Å²) in [6.45, 7) is 4.82. The first-order valence-electron chi connectivity index (χ1n) is 6.68. The Labute approximate surface area is 123 Å². The van der Waals surface area contributed by atoms with Crippen LogP contribution in [0.1, 0.15) is 19.4 Å². The van der Waals surface area contributed by atoms with E-state index in [1.165, 1.54) is 6.08 Å². The number of benzene rings is 1. The highest BCUT2D eigenvalue weighted by Gasteiger charge is 2.05. The zero-order valence-corrected chi connectivity index (χ0v) is 12.1. The fourth-order valence-electron chi connectivity index (χ4n) is 1.60. The molecule has 0 fully saturated rings. The van der Waals surface area contributed by atoms with Gasteiger partial charge in [0, 0.05) is 24.9 Å². The van der Waals surface area contributed by atoms with Gasteiger partial charge >= 0.3 is 12.0 Å². The number of carbonyl (C=O) groups is 2. The van der Waals surface area contributed by atoms with Crippen molar-refractivity contribution in [2.24, 2.45) is 0 Å². The van der Waals surface area contributed by atoms with Crippen molar-refractivity contribution in [2.45, 2.75) is 20.0 Å². The van der Waals surface area contributed by atoms with Gasteiger partial charge in [-0.25, -0.2) is 9.59 Å². The lowest BCUT2D eigenvalue weighted by atomic mass is 10.2. The molecule has 1 aromatic rings. The lowest BCUT2D eigenvalue weighted by Gasteiger charge is -2.13. The highest BCUT2D eigenvalue weighted by molar-refractivity contribution is 5.89. The number of carboxylic acids is 1. The number of carbonyl (C=O) groups excluding carboxylic acids is 1. The predicted octanol–water partition coefficient (Wildman–Crippen LogP) is 2.33. The van der Waals surface area contributed by atoms with Crippen LogP contribution in [-0.2, 0) is 9.53 Å². The van der Waals surface area contributed by atoms with Gasteiger partial charge in [0.15, 0.2) is 0 Å². The summed E-state index contributed by atoms with van der Waals surface area (Å²) in [5.74, 6) is -1.00. The fraction of sp³-hybridized carbons (Fsp3) is 0.333. The van der Waals surface area contributed by atoms with Gasteiger partial charge in [-0.05, 0) is 37.6 Å². The molecule has 0 heterocycles. The summed E-state index contributed by atoms with van der Waals surface area (Å²) in [7, 11) is 0. The van der Waals surface area contributed by atoms with Gasteiger partial charge in [-0.15, -0.1) is 0 Å². The van der Waals surface area contributed by atoms with Crippen molar-refractivity contribution >= 4 is 23.8 Å². The fourth-order valence-corrected chi connectivity index (χ4v) is 1.60. The number of amides is 2. The lowest BCUT2D eigenvalue weighted by Crippen LogP contribution is -2.35. The van der Waals surface area contributed by atoms with Gasteiger partial charge in [-0.2, -0.15) is 0 Å². The summed E-state index contributed by atoms with van der Waals surface area (Å²) >= 11 is 0. The summed E-state index contributed by atoms with van der Waals surface area (Å²) < 4.78 is 5.31. The monoisotopic (exact) mass is 292 g/mol.